The van der Waals surface area contributed by atoms with Crippen LogP contribution in [0.4, 0.5) is 13.2 Å². The van der Waals surface area contributed by atoms with E-state index in [0.29, 0.717) is 10.9 Å². The van der Waals surface area contributed by atoms with Crippen LogP contribution >= 0.6 is 11.6 Å². The number of fused-ring (bicyclic) bond motifs is 1. The largest absolute Gasteiger partial charge is 0.228 e. The minimum absolute atomic E-state index is 0.0884. The lowest BCUT2D eigenvalue weighted by molar-refractivity contribution is 0.448. The van der Waals surface area contributed by atoms with Gasteiger partial charge < -0.3 is 0 Å². The van der Waals surface area contributed by atoms with Gasteiger partial charge in [0.05, 0.1) is 11.1 Å². The molecule has 0 bridgehead atoms. The van der Waals surface area contributed by atoms with Crippen molar-refractivity contribution >= 4 is 22.5 Å². The van der Waals surface area contributed by atoms with Gasteiger partial charge in [-0.25, -0.2) is 23.1 Å². The first-order valence-corrected chi connectivity index (χ1v) is 6.43. The predicted octanol–water partition coefficient (Wildman–Crippen LogP) is 4.68. The van der Waals surface area contributed by atoms with Crippen molar-refractivity contribution in [1.29, 1.82) is 0 Å². The Bertz CT molecular complexity index is 865. The second-order valence-corrected chi connectivity index (χ2v) is 4.89. The van der Waals surface area contributed by atoms with Gasteiger partial charge in [0.1, 0.15) is 5.15 Å². The number of aromatic nitrogens is 2. The van der Waals surface area contributed by atoms with E-state index < -0.39 is 17.5 Å². The summed E-state index contributed by atoms with van der Waals surface area (Å²) >= 11 is 6.10. The lowest BCUT2D eigenvalue weighted by Gasteiger charge is -2.08. The summed E-state index contributed by atoms with van der Waals surface area (Å²) in [4.78, 5) is 8.16. The Morgan fingerprint density at radius 2 is 1.71 bits per heavy atom. The molecule has 2 aromatic carbocycles. The SMILES string of the molecule is Cc1cccc2nc(-c3ccc(F)c(F)c3F)nc(Cl)c12. The zero-order valence-electron chi connectivity index (χ0n) is 10.8. The first-order valence-electron chi connectivity index (χ1n) is 6.06. The summed E-state index contributed by atoms with van der Waals surface area (Å²) in [6, 6.07) is 7.21. The van der Waals surface area contributed by atoms with Gasteiger partial charge in [0.25, 0.3) is 0 Å². The number of hydrogen-bond donors (Lipinski definition) is 0. The van der Waals surface area contributed by atoms with Gasteiger partial charge in [0, 0.05) is 5.39 Å². The summed E-state index contributed by atoms with van der Waals surface area (Å²) in [6.45, 7) is 1.84. The minimum atomic E-state index is -1.56. The predicted molar refractivity (Wildman–Crippen MR) is 74.6 cm³/mol. The van der Waals surface area contributed by atoms with Crippen LogP contribution in [-0.4, -0.2) is 9.97 Å². The zero-order valence-corrected chi connectivity index (χ0v) is 11.5. The van der Waals surface area contributed by atoms with Gasteiger partial charge in [-0.15, -0.1) is 0 Å². The van der Waals surface area contributed by atoms with E-state index in [1.54, 1.807) is 12.1 Å². The third-order valence-electron chi connectivity index (χ3n) is 3.16. The van der Waals surface area contributed by atoms with Crippen LogP contribution in [-0.2, 0) is 0 Å². The zero-order chi connectivity index (χ0) is 15.1. The minimum Gasteiger partial charge on any atom is -0.228 e. The van der Waals surface area contributed by atoms with Gasteiger partial charge in [0.2, 0.25) is 0 Å². The molecule has 0 aliphatic heterocycles. The summed E-state index contributed by atoms with van der Waals surface area (Å²) in [6.07, 6.45) is 0. The number of nitrogens with zero attached hydrogens (tertiary/aromatic N) is 2. The van der Waals surface area contributed by atoms with Crippen molar-refractivity contribution in [2.45, 2.75) is 6.92 Å². The molecule has 0 aliphatic carbocycles. The Morgan fingerprint density at radius 1 is 0.952 bits per heavy atom. The van der Waals surface area contributed by atoms with E-state index in [0.717, 1.165) is 17.7 Å². The molecule has 21 heavy (non-hydrogen) atoms. The van der Waals surface area contributed by atoms with E-state index in [1.807, 2.05) is 13.0 Å². The Kier molecular flexibility index (Phi) is 3.29. The maximum Gasteiger partial charge on any atom is 0.195 e. The van der Waals surface area contributed by atoms with E-state index in [-0.39, 0.29) is 16.5 Å². The van der Waals surface area contributed by atoms with Crippen molar-refractivity contribution < 1.29 is 13.2 Å². The summed E-state index contributed by atoms with van der Waals surface area (Å²) in [5, 5.41) is 0.781. The molecule has 6 heteroatoms. The first kappa shape index (κ1) is 13.8. The third kappa shape index (κ3) is 2.23. The molecule has 106 valence electrons. The quantitative estimate of drug-likeness (QED) is 0.482. The van der Waals surface area contributed by atoms with Crippen LogP contribution in [0.15, 0.2) is 30.3 Å². The molecule has 0 spiro atoms. The topological polar surface area (TPSA) is 25.8 Å². The molecule has 0 unspecified atom stereocenters. The second-order valence-electron chi connectivity index (χ2n) is 4.53. The molecule has 0 atom stereocenters. The summed E-state index contributed by atoms with van der Waals surface area (Å²) in [7, 11) is 0. The van der Waals surface area contributed by atoms with E-state index in [9.17, 15) is 13.2 Å². The highest BCUT2D eigenvalue weighted by atomic mass is 35.5. The van der Waals surface area contributed by atoms with Gasteiger partial charge in [-0.05, 0) is 30.7 Å². The average Bonchev–Trinajstić information content (AvgIpc) is 2.44. The number of benzene rings is 2. The van der Waals surface area contributed by atoms with Crippen LogP contribution in [0.2, 0.25) is 5.15 Å². The Balaban J connectivity index is 2.30. The van der Waals surface area contributed by atoms with E-state index >= 15 is 0 Å². The van der Waals surface area contributed by atoms with Crippen molar-refractivity contribution in [3.63, 3.8) is 0 Å². The molecule has 3 aromatic rings. The Morgan fingerprint density at radius 3 is 2.48 bits per heavy atom. The molecule has 2 nitrogen and oxygen atoms in total. The molecule has 0 fully saturated rings. The van der Waals surface area contributed by atoms with Crippen LogP contribution in [0.25, 0.3) is 22.3 Å². The van der Waals surface area contributed by atoms with E-state index in [2.05, 4.69) is 9.97 Å². The van der Waals surface area contributed by atoms with Gasteiger partial charge in [-0.1, -0.05) is 23.7 Å². The summed E-state index contributed by atoms with van der Waals surface area (Å²) in [5.74, 6) is -4.25. The number of aryl methyl sites for hydroxylation is 1. The van der Waals surface area contributed by atoms with E-state index in [1.165, 1.54) is 0 Å². The first-order chi connectivity index (χ1) is 9.99. The summed E-state index contributed by atoms with van der Waals surface area (Å²) in [5.41, 5.74) is 1.14. The highest BCUT2D eigenvalue weighted by Gasteiger charge is 2.18. The number of halogens is 4. The second kappa shape index (κ2) is 5.00. The van der Waals surface area contributed by atoms with Crippen LogP contribution in [0, 0.1) is 24.4 Å². The Labute approximate surface area is 123 Å². The molecule has 0 amide bonds. The molecule has 1 heterocycles. The summed E-state index contributed by atoms with van der Waals surface area (Å²) < 4.78 is 40.1. The Hall–Kier alpha value is -2.14. The molecule has 1 aromatic heterocycles. The molecule has 0 aliphatic rings. The molecule has 0 radical (unpaired) electrons. The monoisotopic (exact) mass is 308 g/mol. The van der Waals surface area contributed by atoms with Crippen LogP contribution in [0.5, 0.6) is 0 Å². The van der Waals surface area contributed by atoms with Gasteiger partial charge in [-0.2, -0.15) is 0 Å². The number of rotatable bonds is 1. The molecular formula is C15H8ClF3N2. The standard InChI is InChI=1S/C15H8ClF3N2/c1-7-3-2-4-10-11(7)14(16)21-15(20-10)8-5-6-9(17)13(19)12(8)18/h2-6H,1H3. The average molecular weight is 309 g/mol. The maximum absolute atomic E-state index is 13.8. The lowest BCUT2D eigenvalue weighted by atomic mass is 10.1. The van der Waals surface area contributed by atoms with Gasteiger partial charge in [0.15, 0.2) is 23.3 Å². The molecule has 0 saturated carbocycles. The maximum atomic E-state index is 13.8. The van der Waals surface area contributed by atoms with Crippen LogP contribution in [0.1, 0.15) is 5.56 Å². The van der Waals surface area contributed by atoms with E-state index in [4.69, 9.17) is 11.6 Å². The smallest absolute Gasteiger partial charge is 0.195 e. The fourth-order valence-corrected chi connectivity index (χ4v) is 2.45. The lowest BCUT2D eigenvalue weighted by Crippen LogP contribution is -1.99. The van der Waals surface area contributed by atoms with Crippen molar-refractivity contribution in [3.8, 4) is 11.4 Å². The van der Waals surface area contributed by atoms with Crippen LogP contribution < -0.4 is 0 Å². The molecule has 0 N–H and O–H groups in total. The normalized spacial score (nSPS) is 11.1. The van der Waals surface area contributed by atoms with Crippen molar-refractivity contribution in [2.75, 3.05) is 0 Å². The van der Waals surface area contributed by atoms with Crippen LogP contribution in [0.3, 0.4) is 0 Å². The van der Waals surface area contributed by atoms with Gasteiger partial charge >= 0.3 is 0 Å². The fourth-order valence-electron chi connectivity index (χ4n) is 2.12. The number of hydrogen-bond acceptors (Lipinski definition) is 2. The highest BCUT2D eigenvalue weighted by molar-refractivity contribution is 6.34. The fraction of sp³-hybridized carbons (Fsp3) is 0.0667. The van der Waals surface area contributed by atoms with Crippen molar-refractivity contribution in [3.05, 3.63) is 58.5 Å². The van der Waals surface area contributed by atoms with Crippen molar-refractivity contribution in [1.82, 2.24) is 9.97 Å². The van der Waals surface area contributed by atoms with Crippen molar-refractivity contribution in [2.24, 2.45) is 0 Å². The molecular weight excluding hydrogens is 301 g/mol. The molecule has 0 saturated heterocycles. The highest BCUT2D eigenvalue weighted by Crippen LogP contribution is 2.29. The van der Waals surface area contributed by atoms with Gasteiger partial charge in [-0.3, -0.25) is 0 Å². The molecule has 3 rings (SSSR count). The third-order valence-corrected chi connectivity index (χ3v) is 3.44.